The van der Waals surface area contributed by atoms with E-state index < -0.39 is 29.3 Å². The topological polar surface area (TPSA) is 122 Å². The molecule has 0 radical (unpaired) electrons. The number of nitrogens with two attached hydrogens (primary N) is 2. The van der Waals surface area contributed by atoms with Crippen LogP contribution in [0.5, 0.6) is 5.75 Å². The molecule has 2 atom stereocenters. The van der Waals surface area contributed by atoms with Crippen molar-refractivity contribution >= 4 is 28.5 Å². The maximum Gasteiger partial charge on any atom is 0.334 e. The Balaban J connectivity index is 1.96. The van der Waals surface area contributed by atoms with Gasteiger partial charge in [-0.05, 0) is 36.2 Å². The molecule has 7 heteroatoms. The number of fused-ring (bicyclic) bond motifs is 1. The second-order valence-corrected chi connectivity index (χ2v) is 7.46. The second-order valence-electron chi connectivity index (χ2n) is 7.46. The molecule has 7 nitrogen and oxygen atoms in total. The zero-order chi connectivity index (χ0) is 22.6. The van der Waals surface area contributed by atoms with Crippen LogP contribution >= 0.6 is 0 Å². The van der Waals surface area contributed by atoms with Gasteiger partial charge < -0.3 is 20.9 Å². The monoisotopic (exact) mass is 420 g/mol. The maximum absolute atomic E-state index is 13.5. The average Bonchev–Trinajstić information content (AvgIpc) is 2.77. The van der Waals surface area contributed by atoms with Gasteiger partial charge in [-0.15, -0.1) is 0 Å². The molecule has 0 saturated heterocycles. The minimum atomic E-state index is -2.01. The smallest absolute Gasteiger partial charge is 0.334 e. The van der Waals surface area contributed by atoms with Gasteiger partial charge in [0.2, 0.25) is 0 Å². The number of hydrogen-bond donors (Lipinski definition) is 2. The minimum Gasteiger partial charge on any atom is -0.459 e. The predicted molar refractivity (Wildman–Crippen MR) is 116 cm³/mol. The first kappa shape index (κ1) is 22.1. The van der Waals surface area contributed by atoms with Crippen LogP contribution in [0.15, 0.2) is 66.7 Å². The first-order valence-corrected chi connectivity index (χ1v) is 9.75. The van der Waals surface area contributed by atoms with E-state index in [1.807, 2.05) is 18.2 Å². The number of benzene rings is 3. The summed E-state index contributed by atoms with van der Waals surface area (Å²) in [5.74, 6) is -2.35. The van der Waals surface area contributed by atoms with Crippen LogP contribution < -0.4 is 16.2 Å². The third-order valence-corrected chi connectivity index (χ3v) is 4.81. The van der Waals surface area contributed by atoms with E-state index in [1.165, 1.54) is 19.9 Å². The van der Waals surface area contributed by atoms with E-state index in [4.69, 9.17) is 20.9 Å². The van der Waals surface area contributed by atoms with Crippen LogP contribution in [0.4, 0.5) is 0 Å². The quantitative estimate of drug-likeness (QED) is 0.261. The lowest BCUT2D eigenvalue weighted by Crippen LogP contribution is -2.53. The largest absolute Gasteiger partial charge is 0.459 e. The molecule has 0 saturated carbocycles. The Morgan fingerprint density at radius 2 is 1.61 bits per heavy atom. The summed E-state index contributed by atoms with van der Waals surface area (Å²) in [6.45, 7) is 2.72. The number of rotatable bonds is 7. The van der Waals surface area contributed by atoms with Gasteiger partial charge in [0.05, 0.1) is 5.56 Å². The van der Waals surface area contributed by atoms with Crippen LogP contribution in [0.2, 0.25) is 0 Å². The summed E-state index contributed by atoms with van der Waals surface area (Å²) in [5.41, 5.74) is 10.5. The Labute approximate surface area is 179 Å². The molecule has 3 rings (SSSR count). The lowest BCUT2D eigenvalue weighted by Gasteiger charge is -2.23. The molecule has 31 heavy (non-hydrogen) atoms. The predicted octanol–water partition coefficient (Wildman–Crippen LogP) is 2.74. The molecule has 0 bridgehead atoms. The summed E-state index contributed by atoms with van der Waals surface area (Å²) >= 11 is 0. The third-order valence-electron chi connectivity index (χ3n) is 4.81. The van der Waals surface area contributed by atoms with Crippen molar-refractivity contribution in [3.63, 3.8) is 0 Å². The van der Waals surface area contributed by atoms with Crippen molar-refractivity contribution in [3.05, 3.63) is 77.9 Å². The van der Waals surface area contributed by atoms with Gasteiger partial charge in [-0.25, -0.2) is 9.59 Å². The van der Waals surface area contributed by atoms with Crippen LogP contribution in [0.1, 0.15) is 29.8 Å². The van der Waals surface area contributed by atoms with E-state index in [2.05, 4.69) is 0 Å². The fourth-order valence-electron chi connectivity index (χ4n) is 3.00. The van der Waals surface area contributed by atoms with E-state index >= 15 is 0 Å². The Morgan fingerprint density at radius 1 is 0.968 bits per heavy atom. The number of Topliss-reactive ketones (excluding diaryl/α,β-unsaturated/α-hetero) is 1. The summed E-state index contributed by atoms with van der Waals surface area (Å²) in [6, 6.07) is 18.4. The van der Waals surface area contributed by atoms with E-state index in [1.54, 1.807) is 42.5 Å². The van der Waals surface area contributed by atoms with Crippen LogP contribution in [0.3, 0.4) is 0 Å². The molecule has 0 fully saturated rings. The van der Waals surface area contributed by atoms with E-state index in [9.17, 15) is 14.4 Å². The van der Waals surface area contributed by atoms with E-state index in [0.29, 0.717) is 5.39 Å². The number of carbonyl (C=O) groups excluding carboxylic acids is 3. The number of ether oxygens (including phenoxy) is 2. The first-order chi connectivity index (χ1) is 14.7. The summed E-state index contributed by atoms with van der Waals surface area (Å²) < 4.78 is 10.6. The molecule has 4 N–H and O–H groups in total. The molecule has 160 valence electrons. The highest BCUT2D eigenvalue weighted by Gasteiger charge is 2.41. The second kappa shape index (κ2) is 9.07. The molecular weight excluding hydrogens is 396 g/mol. The highest BCUT2D eigenvalue weighted by molar-refractivity contribution is 6.22. The SMILES string of the molecule is C[C@H](N)C(=O)Oc1ccc2ccccc2c1C(=O)[C@@](C)(N)C(=O)OCc1ccccc1. The number of esters is 2. The van der Waals surface area contributed by atoms with Crippen molar-refractivity contribution in [1.82, 2.24) is 0 Å². The normalized spacial score (nSPS) is 13.8. The van der Waals surface area contributed by atoms with Gasteiger partial charge in [0, 0.05) is 0 Å². The summed E-state index contributed by atoms with van der Waals surface area (Å²) in [6.07, 6.45) is 0. The van der Waals surface area contributed by atoms with E-state index in [-0.39, 0.29) is 17.9 Å². The lowest BCUT2D eigenvalue weighted by molar-refractivity contribution is -0.148. The number of ketones is 1. The Bertz CT molecular complexity index is 1120. The van der Waals surface area contributed by atoms with Gasteiger partial charge in [0.1, 0.15) is 18.4 Å². The molecule has 0 aliphatic carbocycles. The molecule has 0 aromatic heterocycles. The zero-order valence-electron chi connectivity index (χ0n) is 17.3. The fourth-order valence-corrected chi connectivity index (χ4v) is 3.00. The van der Waals surface area contributed by atoms with Crippen LogP contribution in [-0.2, 0) is 20.9 Å². The Kier molecular flexibility index (Phi) is 6.48. The van der Waals surface area contributed by atoms with Crippen molar-refractivity contribution in [1.29, 1.82) is 0 Å². The molecule has 0 heterocycles. The van der Waals surface area contributed by atoms with Gasteiger partial charge in [-0.3, -0.25) is 4.79 Å². The molecular formula is C24H24N2O5. The van der Waals surface area contributed by atoms with Crippen molar-refractivity contribution in [2.24, 2.45) is 11.5 Å². The number of carbonyl (C=O) groups is 3. The zero-order valence-corrected chi connectivity index (χ0v) is 17.3. The minimum absolute atomic E-state index is 0.0152. The third kappa shape index (κ3) is 4.79. The first-order valence-electron chi connectivity index (χ1n) is 9.75. The molecule has 0 amide bonds. The molecule has 0 aliphatic rings. The molecule has 0 spiro atoms. The summed E-state index contributed by atoms with van der Waals surface area (Å²) in [7, 11) is 0. The van der Waals surface area contributed by atoms with Crippen molar-refractivity contribution in [2.45, 2.75) is 32.0 Å². The van der Waals surface area contributed by atoms with Gasteiger partial charge in [-0.2, -0.15) is 0 Å². The van der Waals surface area contributed by atoms with Crippen LogP contribution in [0, 0.1) is 0 Å². The average molecular weight is 420 g/mol. The molecule has 3 aromatic rings. The molecule has 0 unspecified atom stereocenters. The summed E-state index contributed by atoms with van der Waals surface area (Å²) in [4.78, 5) is 38.3. The van der Waals surface area contributed by atoms with Crippen LogP contribution in [-0.4, -0.2) is 29.3 Å². The summed E-state index contributed by atoms with van der Waals surface area (Å²) in [5, 5.41) is 1.22. The Hall–Kier alpha value is -3.55. The van der Waals surface area contributed by atoms with E-state index in [0.717, 1.165) is 10.9 Å². The standard InChI is InChI=1S/C24H24N2O5/c1-15(25)22(28)31-19-13-12-17-10-6-7-11-18(17)20(19)21(27)24(2,26)23(29)30-14-16-8-4-3-5-9-16/h3-13,15H,14,25-26H2,1-2H3/t15-,24+/m0/s1. The van der Waals surface area contributed by atoms with Gasteiger partial charge in [-0.1, -0.05) is 60.7 Å². The van der Waals surface area contributed by atoms with Gasteiger partial charge in [0.15, 0.2) is 11.3 Å². The van der Waals surface area contributed by atoms with Gasteiger partial charge in [0.25, 0.3) is 0 Å². The highest BCUT2D eigenvalue weighted by Crippen LogP contribution is 2.31. The van der Waals surface area contributed by atoms with Crippen molar-refractivity contribution in [2.75, 3.05) is 0 Å². The number of hydrogen-bond acceptors (Lipinski definition) is 7. The lowest BCUT2D eigenvalue weighted by atomic mass is 9.88. The fraction of sp³-hybridized carbons (Fsp3) is 0.208. The molecule has 3 aromatic carbocycles. The highest BCUT2D eigenvalue weighted by atomic mass is 16.5. The van der Waals surface area contributed by atoms with Gasteiger partial charge >= 0.3 is 11.9 Å². The van der Waals surface area contributed by atoms with Crippen molar-refractivity contribution < 1.29 is 23.9 Å². The molecule has 0 aliphatic heterocycles. The van der Waals surface area contributed by atoms with Crippen LogP contribution in [0.25, 0.3) is 10.8 Å². The maximum atomic E-state index is 13.5. The Morgan fingerprint density at radius 3 is 2.29 bits per heavy atom. The van der Waals surface area contributed by atoms with Crippen molar-refractivity contribution in [3.8, 4) is 5.75 Å².